The molecule has 91 heavy (non-hydrogen) atoms. The maximum atomic E-state index is 16.0. The van der Waals surface area contributed by atoms with Gasteiger partial charge in [-0.1, -0.05) is 105 Å². The van der Waals surface area contributed by atoms with Crippen molar-refractivity contribution in [1.29, 1.82) is 0 Å². The van der Waals surface area contributed by atoms with Crippen LogP contribution in [-0.2, 0) is 35.9 Å². The lowest BCUT2D eigenvalue weighted by Crippen LogP contribution is -2.36. The third kappa shape index (κ3) is 10.2. The molecule has 472 valence electrons. The number of anilines is 3. The minimum atomic E-state index is -0.699. The Balaban J connectivity index is 0.000000158. The largest absolute Gasteiger partial charge is 0.372 e. The molecule has 9 heterocycles. The second-order valence-corrected chi connectivity index (χ2v) is 24.3. The molecule has 0 bridgehead atoms. The van der Waals surface area contributed by atoms with E-state index in [4.69, 9.17) is 6.57 Å². The van der Waals surface area contributed by atoms with Crippen molar-refractivity contribution in [3.05, 3.63) is 182 Å². The maximum Gasteiger partial charge on any atom is 0.211 e. The number of aryl methyl sites for hydroxylation is 3. The fraction of sp³-hybridized carbons (Fsp3) is 0.279. The van der Waals surface area contributed by atoms with Gasteiger partial charge < -0.3 is 30.9 Å². The normalized spacial score (nSPS) is 13.8. The molecule has 6 aromatic carbocycles. The topological polar surface area (TPSA) is 180 Å². The molecule has 0 spiro atoms. The van der Waals surface area contributed by atoms with E-state index in [1.165, 1.54) is 18.2 Å². The minimum Gasteiger partial charge on any atom is -0.372 e. The summed E-state index contributed by atoms with van der Waals surface area (Å²) in [6, 6.07) is 21.9. The van der Waals surface area contributed by atoms with Crippen LogP contribution in [0.1, 0.15) is 127 Å². The van der Waals surface area contributed by atoms with Crippen LogP contribution in [0.25, 0.3) is 88.0 Å². The van der Waals surface area contributed by atoms with Crippen LogP contribution in [0.3, 0.4) is 0 Å². The highest BCUT2D eigenvalue weighted by atomic mass is 127. The summed E-state index contributed by atoms with van der Waals surface area (Å²) in [5.74, 6) is -0.218. The van der Waals surface area contributed by atoms with Gasteiger partial charge in [0.15, 0.2) is 34.9 Å². The summed E-state index contributed by atoms with van der Waals surface area (Å²) >= 11 is 2.20. The third-order valence-corrected chi connectivity index (χ3v) is 17.2. The second kappa shape index (κ2) is 24.1. The second-order valence-electron chi connectivity index (χ2n) is 23.1. The van der Waals surface area contributed by atoms with Crippen molar-refractivity contribution in [2.75, 3.05) is 16.0 Å². The van der Waals surface area contributed by atoms with Gasteiger partial charge in [-0.2, -0.15) is 0 Å². The van der Waals surface area contributed by atoms with E-state index >= 15 is 26.3 Å². The summed E-state index contributed by atoms with van der Waals surface area (Å²) in [6.07, 6.45) is 6.86. The van der Waals surface area contributed by atoms with Gasteiger partial charge in [0, 0.05) is 92.6 Å². The number of aromatic amines is 3. The van der Waals surface area contributed by atoms with E-state index in [1.54, 1.807) is 62.5 Å². The van der Waals surface area contributed by atoms with Crippen LogP contribution < -0.4 is 16.0 Å². The Morgan fingerprint density at radius 2 is 0.835 bits per heavy atom. The van der Waals surface area contributed by atoms with E-state index in [-0.39, 0.29) is 63.5 Å². The number of fused-ring (bicyclic) bond motifs is 12. The van der Waals surface area contributed by atoms with E-state index in [0.717, 1.165) is 14.3 Å². The Morgan fingerprint density at radius 3 is 1.23 bits per heavy atom. The van der Waals surface area contributed by atoms with Crippen LogP contribution in [0.4, 0.5) is 49.1 Å². The van der Waals surface area contributed by atoms with Gasteiger partial charge in [-0.05, 0) is 75.6 Å². The van der Waals surface area contributed by atoms with Crippen molar-refractivity contribution in [2.45, 2.75) is 128 Å². The Labute approximate surface area is 537 Å². The fourth-order valence-corrected chi connectivity index (χ4v) is 12.9. The van der Waals surface area contributed by atoms with E-state index in [9.17, 15) is 0 Å². The molecule has 0 amide bonds. The van der Waals surface area contributed by atoms with Gasteiger partial charge >= 0.3 is 0 Å². The van der Waals surface area contributed by atoms with Gasteiger partial charge in [0.05, 0.1) is 68.0 Å². The Hall–Kier alpha value is -9.44. The SMILES string of the molecule is C.C.C.C.CCc1nnc2n1-c1c(cc(F)c(-c3cccc4c(I)c[nH]c34)c1F)NC2(C)C.CCc1nnc2n1-c1c(cc(F)c(-c3cccc4cc[nH]c34)c1F)NC2(C)C.[C-]#[N+]c1c[nH]c2c(-c3c(F)cc4c(c3F)-n3c(CC)nnc3C(C)(C)N4)cccc12. The van der Waals surface area contributed by atoms with E-state index in [1.807, 2.05) is 92.8 Å². The van der Waals surface area contributed by atoms with Crippen molar-refractivity contribution in [3.63, 3.8) is 0 Å². The summed E-state index contributed by atoms with van der Waals surface area (Å²) < 4.78 is 99.7. The standard InChI is InChI=1S/C22H18F2N6.C21H18F2IN5.C21H19F2N5.4CH4/c1-5-16-28-29-21-22(2,3)27-14-9-13(23)17(18(24)20(14)30(16)21)12-8-6-7-11-15(25-4)10-26-19(11)12;1-4-15-27-28-20-21(2,3)26-14-8-12(22)16(17(23)19(14)29(15)20)11-7-5-6-10-13(24)9-25-18(10)11;1-4-15-26-27-20-21(2,3)25-14-10-13(22)16(17(23)19(14)28(15)20)12-7-5-6-11-8-9-24-18(11)12;;;;/h6-10,26-27H,5H2,1-3H3;5-9,25-26H,4H2,1-3H3;5-10,24-25H,4H2,1-3H3;4*1H4. The van der Waals surface area contributed by atoms with Gasteiger partial charge in [0.25, 0.3) is 0 Å². The van der Waals surface area contributed by atoms with Crippen molar-refractivity contribution in [3.8, 4) is 50.4 Å². The molecule has 0 fully saturated rings. The van der Waals surface area contributed by atoms with Gasteiger partial charge in [-0.25, -0.2) is 31.2 Å². The number of nitrogens with one attached hydrogen (secondary N) is 6. The van der Waals surface area contributed by atoms with Crippen LogP contribution in [0, 0.1) is 45.0 Å². The zero-order valence-electron chi connectivity index (χ0n) is 48.5. The first-order chi connectivity index (χ1) is 41.6. The summed E-state index contributed by atoms with van der Waals surface area (Å²) in [6.45, 7) is 24.6. The first-order valence-electron chi connectivity index (χ1n) is 28.2. The smallest absolute Gasteiger partial charge is 0.211 e. The van der Waals surface area contributed by atoms with E-state index in [0.29, 0.717) is 116 Å². The summed E-state index contributed by atoms with van der Waals surface area (Å²) in [7, 11) is 0. The molecule has 12 aromatic rings. The van der Waals surface area contributed by atoms with E-state index < -0.39 is 51.5 Å². The molecule has 0 unspecified atom stereocenters. The fourth-order valence-electron chi connectivity index (χ4n) is 12.3. The van der Waals surface area contributed by atoms with Gasteiger partial charge in [-0.15, -0.1) is 30.6 Å². The average Bonchev–Trinajstić information content (AvgIpc) is 1.73. The maximum absolute atomic E-state index is 16.0. The molecule has 0 aliphatic carbocycles. The third-order valence-electron chi connectivity index (χ3n) is 16.3. The Bertz CT molecular complexity index is 4860. The molecule has 15 rings (SSSR count). The zero-order chi connectivity index (χ0) is 61.3. The molecule has 6 N–H and O–H groups in total. The lowest BCUT2D eigenvalue weighted by atomic mass is 9.95. The number of para-hydroxylation sites is 3. The molecule has 3 aliphatic rings. The minimum absolute atomic E-state index is 0. The van der Waals surface area contributed by atoms with Crippen molar-refractivity contribution in [1.82, 2.24) is 59.2 Å². The van der Waals surface area contributed by atoms with E-state index in [2.05, 4.69) is 88.9 Å². The molecule has 0 atom stereocenters. The molecule has 3 aliphatic heterocycles. The molecular formula is C68H71F6IN16. The molecular weight excluding hydrogens is 1280 g/mol. The van der Waals surface area contributed by atoms with Gasteiger partial charge in [0.1, 0.15) is 52.0 Å². The van der Waals surface area contributed by atoms with Crippen LogP contribution in [0.5, 0.6) is 0 Å². The Morgan fingerprint density at radius 1 is 0.473 bits per heavy atom. The van der Waals surface area contributed by atoms with Crippen LogP contribution in [-0.4, -0.2) is 59.2 Å². The monoisotopic (exact) mass is 1350 g/mol. The quantitative estimate of drug-likeness (QED) is 0.0537. The highest BCUT2D eigenvalue weighted by Crippen LogP contribution is 2.48. The van der Waals surface area contributed by atoms with Gasteiger partial charge in [0.2, 0.25) is 5.69 Å². The first kappa shape index (κ1) is 66.0. The van der Waals surface area contributed by atoms with Crippen LogP contribution in [0.15, 0.2) is 97.5 Å². The average molecular weight is 1350 g/mol. The Kier molecular flexibility index (Phi) is 17.5. The molecule has 16 nitrogen and oxygen atoms in total. The summed E-state index contributed by atoms with van der Waals surface area (Å²) in [5, 5.41) is 37.6. The number of halogens is 7. The first-order valence-corrected chi connectivity index (χ1v) is 29.3. The number of rotatable bonds is 6. The van der Waals surface area contributed by atoms with Crippen molar-refractivity contribution < 1.29 is 26.3 Å². The number of aromatic nitrogens is 12. The number of nitrogens with zero attached hydrogens (tertiary/aromatic N) is 10. The zero-order valence-corrected chi connectivity index (χ0v) is 50.6. The number of benzene rings is 6. The number of hydrogen-bond acceptors (Lipinski definition) is 9. The van der Waals surface area contributed by atoms with Crippen LogP contribution in [0.2, 0.25) is 0 Å². The highest BCUT2D eigenvalue weighted by molar-refractivity contribution is 14.1. The lowest BCUT2D eigenvalue weighted by molar-refractivity contribution is 0.515. The molecule has 0 saturated heterocycles. The van der Waals surface area contributed by atoms with Crippen LogP contribution >= 0.6 is 22.6 Å². The van der Waals surface area contributed by atoms with Gasteiger partial charge in [-0.3, -0.25) is 13.7 Å². The van der Waals surface area contributed by atoms with Crippen molar-refractivity contribution in [2.24, 2.45) is 0 Å². The molecule has 23 heteroatoms. The molecule has 0 radical (unpaired) electrons. The predicted octanol–water partition coefficient (Wildman–Crippen LogP) is 18.5. The lowest BCUT2D eigenvalue weighted by Gasteiger charge is -2.34. The highest BCUT2D eigenvalue weighted by Gasteiger charge is 2.41. The predicted molar refractivity (Wildman–Crippen MR) is 360 cm³/mol. The van der Waals surface area contributed by atoms with Crippen molar-refractivity contribution >= 4 is 78.0 Å². The summed E-state index contributed by atoms with van der Waals surface area (Å²) in [5.41, 5.74) is 3.39. The summed E-state index contributed by atoms with van der Waals surface area (Å²) in [4.78, 5) is 12.7. The number of H-pyrrole nitrogens is 3. The molecule has 6 aromatic heterocycles. The molecule has 0 saturated carbocycles. The number of hydrogen-bond donors (Lipinski definition) is 6.